The molecule has 0 bridgehead atoms. The van der Waals surface area contributed by atoms with Crippen LogP contribution in [0, 0.1) is 9.52 Å². The van der Waals surface area contributed by atoms with Crippen LogP contribution in [0.5, 0.6) is 0 Å². The van der Waals surface area contributed by atoms with Crippen LogP contribution < -0.4 is 0 Å². The Morgan fingerprint density at radius 2 is 2.14 bits per heavy atom. The number of aromatic nitrogens is 1. The third-order valence-electron chi connectivity index (χ3n) is 1.37. The first-order chi connectivity index (χ1) is 6.43. The molecule has 2 nitrogen and oxygen atoms in total. The molecular weight excluding hydrogens is 333 g/mol. The summed E-state index contributed by atoms with van der Waals surface area (Å²) in [7, 11) is 0. The molecule has 0 saturated heterocycles. The van der Waals surface area contributed by atoms with Crippen LogP contribution in [0.1, 0.15) is 22.5 Å². The van der Waals surface area contributed by atoms with Gasteiger partial charge in [0.1, 0.15) is 5.69 Å². The Morgan fingerprint density at radius 1 is 1.57 bits per heavy atom. The van der Waals surface area contributed by atoms with Gasteiger partial charge in [-0.2, -0.15) is 4.39 Å². The van der Waals surface area contributed by atoms with Gasteiger partial charge < -0.3 is 0 Å². The van der Waals surface area contributed by atoms with Gasteiger partial charge in [0.05, 0.1) is 9.13 Å². The Morgan fingerprint density at radius 3 is 2.57 bits per heavy atom. The SMILES string of the molecule is O=C(Cl)c1cc(F)nc(C(F)F)c1I. The fourth-order valence-electron chi connectivity index (χ4n) is 0.804. The second kappa shape index (κ2) is 4.43. The highest BCUT2D eigenvalue weighted by Crippen LogP contribution is 2.26. The fourth-order valence-corrected chi connectivity index (χ4v) is 1.87. The van der Waals surface area contributed by atoms with E-state index >= 15 is 0 Å². The van der Waals surface area contributed by atoms with Crippen LogP contribution in [-0.4, -0.2) is 10.2 Å². The second-order valence-electron chi connectivity index (χ2n) is 2.27. The smallest absolute Gasteiger partial charge is 0.276 e. The zero-order valence-electron chi connectivity index (χ0n) is 6.40. The molecule has 7 heteroatoms. The van der Waals surface area contributed by atoms with Crippen molar-refractivity contribution in [3.05, 3.63) is 26.8 Å². The monoisotopic (exact) mass is 335 g/mol. The van der Waals surface area contributed by atoms with E-state index in [-0.39, 0.29) is 9.13 Å². The van der Waals surface area contributed by atoms with Crippen molar-refractivity contribution >= 4 is 39.4 Å². The van der Waals surface area contributed by atoms with E-state index in [1.54, 1.807) is 0 Å². The number of carbonyl (C=O) groups is 1. The second-order valence-corrected chi connectivity index (χ2v) is 3.69. The molecule has 0 N–H and O–H groups in total. The number of hydrogen-bond acceptors (Lipinski definition) is 2. The molecule has 0 radical (unpaired) electrons. The van der Waals surface area contributed by atoms with Crippen molar-refractivity contribution in [2.24, 2.45) is 0 Å². The zero-order chi connectivity index (χ0) is 10.9. The quantitative estimate of drug-likeness (QED) is 0.472. The van der Waals surface area contributed by atoms with Crippen LogP contribution in [-0.2, 0) is 0 Å². The molecule has 0 aliphatic carbocycles. The first-order valence-corrected chi connectivity index (χ1v) is 4.73. The summed E-state index contributed by atoms with van der Waals surface area (Å²) in [6.07, 6.45) is -2.94. The number of hydrogen-bond donors (Lipinski definition) is 0. The molecule has 14 heavy (non-hydrogen) atoms. The third kappa shape index (κ3) is 2.35. The highest BCUT2D eigenvalue weighted by molar-refractivity contribution is 14.1. The predicted octanol–water partition coefficient (Wildman–Crippen LogP) is 3.14. The summed E-state index contributed by atoms with van der Waals surface area (Å²) in [5, 5.41) is -0.988. The van der Waals surface area contributed by atoms with Crippen molar-refractivity contribution < 1.29 is 18.0 Å². The van der Waals surface area contributed by atoms with E-state index in [9.17, 15) is 18.0 Å². The summed E-state index contributed by atoms with van der Waals surface area (Å²) >= 11 is 6.55. The van der Waals surface area contributed by atoms with E-state index in [1.165, 1.54) is 22.6 Å². The minimum atomic E-state index is -2.94. The first-order valence-electron chi connectivity index (χ1n) is 3.27. The van der Waals surface area contributed by atoms with Gasteiger partial charge in [0, 0.05) is 6.07 Å². The average molecular weight is 335 g/mol. The van der Waals surface area contributed by atoms with Crippen molar-refractivity contribution in [3.8, 4) is 0 Å². The van der Waals surface area contributed by atoms with Gasteiger partial charge >= 0.3 is 0 Å². The average Bonchev–Trinajstić information content (AvgIpc) is 2.07. The molecule has 1 heterocycles. The van der Waals surface area contributed by atoms with E-state index in [0.717, 1.165) is 6.07 Å². The van der Waals surface area contributed by atoms with Gasteiger partial charge in [-0.1, -0.05) is 0 Å². The van der Waals surface area contributed by atoms with Crippen molar-refractivity contribution in [2.75, 3.05) is 0 Å². The Labute approximate surface area is 95.6 Å². The predicted molar refractivity (Wildman–Crippen MR) is 52.1 cm³/mol. The van der Waals surface area contributed by atoms with E-state index in [1.807, 2.05) is 0 Å². The van der Waals surface area contributed by atoms with Crippen LogP contribution in [0.2, 0.25) is 0 Å². The molecule has 0 saturated carbocycles. The topological polar surface area (TPSA) is 30.0 Å². The van der Waals surface area contributed by atoms with Crippen LogP contribution in [0.3, 0.4) is 0 Å². The zero-order valence-corrected chi connectivity index (χ0v) is 9.31. The molecule has 0 aliphatic heterocycles. The molecular formula is C7H2ClF3INO. The van der Waals surface area contributed by atoms with Crippen LogP contribution in [0.25, 0.3) is 0 Å². The lowest BCUT2D eigenvalue weighted by atomic mass is 10.2. The lowest BCUT2D eigenvalue weighted by Crippen LogP contribution is -2.04. The lowest BCUT2D eigenvalue weighted by molar-refractivity contribution is 0.107. The van der Waals surface area contributed by atoms with Crippen molar-refractivity contribution in [3.63, 3.8) is 0 Å². The summed E-state index contributed by atoms with van der Waals surface area (Å²) in [6, 6.07) is 0.725. The maximum Gasteiger partial charge on any atom is 0.281 e. The standard InChI is InChI=1S/C7H2ClF3INO/c8-6(14)2-1-3(9)13-5(4(2)12)7(10)11/h1,7H. The van der Waals surface area contributed by atoms with Crippen molar-refractivity contribution in [1.82, 2.24) is 4.98 Å². The van der Waals surface area contributed by atoms with Crippen molar-refractivity contribution in [2.45, 2.75) is 6.43 Å². The largest absolute Gasteiger partial charge is 0.281 e. The van der Waals surface area contributed by atoms with E-state index in [2.05, 4.69) is 4.98 Å². The molecule has 0 spiro atoms. The molecule has 76 valence electrons. The highest BCUT2D eigenvalue weighted by Gasteiger charge is 2.20. The summed E-state index contributed by atoms with van der Waals surface area (Å²) in [5.41, 5.74) is -1.07. The van der Waals surface area contributed by atoms with Crippen LogP contribution in [0.4, 0.5) is 13.2 Å². The molecule has 1 rings (SSSR count). The van der Waals surface area contributed by atoms with Gasteiger partial charge in [0.25, 0.3) is 11.7 Å². The Kier molecular flexibility index (Phi) is 3.71. The van der Waals surface area contributed by atoms with E-state index < -0.39 is 23.3 Å². The third-order valence-corrected chi connectivity index (χ3v) is 2.71. The van der Waals surface area contributed by atoms with Crippen LogP contribution in [0.15, 0.2) is 6.07 Å². The molecule has 0 atom stereocenters. The lowest BCUT2D eigenvalue weighted by Gasteiger charge is -2.05. The highest BCUT2D eigenvalue weighted by atomic mass is 127. The van der Waals surface area contributed by atoms with Gasteiger partial charge in [-0.3, -0.25) is 4.79 Å². The normalized spacial score (nSPS) is 10.7. The Bertz CT molecular complexity index is 385. The molecule has 0 aromatic carbocycles. The van der Waals surface area contributed by atoms with Gasteiger partial charge in [0.2, 0.25) is 5.95 Å². The number of carbonyl (C=O) groups excluding carboxylic acids is 1. The molecule has 0 aliphatic rings. The number of alkyl halides is 2. The number of halogens is 5. The molecule has 0 unspecified atom stereocenters. The van der Waals surface area contributed by atoms with Gasteiger partial charge in [-0.05, 0) is 34.2 Å². The number of pyridine rings is 1. The minimum absolute atomic E-state index is 0.126. The number of rotatable bonds is 2. The number of nitrogens with zero attached hydrogens (tertiary/aromatic N) is 1. The Balaban J connectivity index is 3.40. The van der Waals surface area contributed by atoms with E-state index in [4.69, 9.17) is 11.6 Å². The van der Waals surface area contributed by atoms with Crippen LogP contribution >= 0.6 is 34.2 Å². The summed E-state index contributed by atoms with van der Waals surface area (Å²) < 4.78 is 37.1. The fraction of sp³-hybridized carbons (Fsp3) is 0.143. The molecule has 1 aromatic rings. The Hall–Kier alpha value is -0.370. The minimum Gasteiger partial charge on any atom is -0.276 e. The van der Waals surface area contributed by atoms with Gasteiger partial charge in [-0.25, -0.2) is 13.8 Å². The van der Waals surface area contributed by atoms with E-state index in [0.29, 0.717) is 0 Å². The van der Waals surface area contributed by atoms with Gasteiger partial charge in [0.15, 0.2) is 0 Å². The maximum atomic E-state index is 12.7. The summed E-state index contributed by atoms with van der Waals surface area (Å²) in [6.45, 7) is 0. The molecule has 1 aromatic heterocycles. The van der Waals surface area contributed by atoms with Gasteiger partial charge in [-0.15, -0.1) is 0 Å². The van der Waals surface area contributed by atoms with Crippen molar-refractivity contribution in [1.29, 1.82) is 0 Å². The maximum absolute atomic E-state index is 12.7. The molecule has 0 amide bonds. The molecule has 0 fully saturated rings. The summed E-state index contributed by atoms with van der Waals surface area (Å²) in [5.74, 6) is -1.15. The first kappa shape index (κ1) is 11.7. The summed E-state index contributed by atoms with van der Waals surface area (Å²) in [4.78, 5) is 13.7.